The molecular formula is C10H12N4O. The summed E-state index contributed by atoms with van der Waals surface area (Å²) in [6, 6.07) is 0. The maximum absolute atomic E-state index is 6.15. The van der Waals surface area contributed by atoms with E-state index in [1.54, 1.807) is 13.3 Å². The van der Waals surface area contributed by atoms with Gasteiger partial charge in [0.2, 0.25) is 5.88 Å². The van der Waals surface area contributed by atoms with Gasteiger partial charge < -0.3 is 10.5 Å². The van der Waals surface area contributed by atoms with Gasteiger partial charge in [0, 0.05) is 0 Å². The van der Waals surface area contributed by atoms with E-state index in [4.69, 9.17) is 10.5 Å². The van der Waals surface area contributed by atoms with E-state index in [0.29, 0.717) is 5.88 Å². The van der Waals surface area contributed by atoms with Crippen LogP contribution in [0.3, 0.4) is 0 Å². The lowest BCUT2D eigenvalue weighted by molar-refractivity contribution is 0.395. The molecule has 0 radical (unpaired) electrons. The number of nitrogens with two attached hydrogens (primary N) is 1. The van der Waals surface area contributed by atoms with Crippen molar-refractivity contribution in [3.8, 4) is 5.88 Å². The van der Waals surface area contributed by atoms with Crippen LogP contribution in [-0.2, 0) is 5.54 Å². The molecule has 0 unspecified atom stereocenters. The summed E-state index contributed by atoms with van der Waals surface area (Å²) in [4.78, 5) is 8.36. The van der Waals surface area contributed by atoms with E-state index in [2.05, 4.69) is 9.97 Å². The fourth-order valence-corrected chi connectivity index (χ4v) is 1.74. The third-order valence-corrected chi connectivity index (χ3v) is 2.88. The number of hydrogen-bond acceptors (Lipinski definition) is 4. The number of methoxy groups -OCH3 is 1. The summed E-state index contributed by atoms with van der Waals surface area (Å²) in [5.74, 6) is 0.575. The van der Waals surface area contributed by atoms with Crippen molar-refractivity contribution in [3.05, 3.63) is 24.3 Å². The SMILES string of the molecule is COc1cn2c(C3(N)CC3)cnc2cn1. The third-order valence-electron chi connectivity index (χ3n) is 2.88. The fraction of sp³-hybridized carbons (Fsp3) is 0.400. The molecule has 0 aromatic carbocycles. The molecule has 5 nitrogen and oxygen atoms in total. The summed E-state index contributed by atoms with van der Waals surface area (Å²) in [5.41, 5.74) is 7.81. The van der Waals surface area contributed by atoms with Crippen LogP contribution in [0.2, 0.25) is 0 Å². The van der Waals surface area contributed by atoms with Gasteiger partial charge in [0.25, 0.3) is 0 Å². The summed E-state index contributed by atoms with van der Waals surface area (Å²) >= 11 is 0. The van der Waals surface area contributed by atoms with Gasteiger partial charge in [-0.1, -0.05) is 0 Å². The van der Waals surface area contributed by atoms with Crippen molar-refractivity contribution < 1.29 is 4.74 Å². The molecule has 2 N–H and O–H groups in total. The average Bonchev–Trinajstić information content (AvgIpc) is 2.86. The van der Waals surface area contributed by atoms with Gasteiger partial charge in [0.05, 0.1) is 36.9 Å². The topological polar surface area (TPSA) is 65.4 Å². The molecule has 0 bridgehead atoms. The zero-order valence-corrected chi connectivity index (χ0v) is 8.47. The van der Waals surface area contributed by atoms with E-state index in [1.165, 1.54) is 0 Å². The second kappa shape index (κ2) is 2.70. The highest BCUT2D eigenvalue weighted by Crippen LogP contribution is 2.42. The Kier molecular flexibility index (Phi) is 1.56. The van der Waals surface area contributed by atoms with E-state index >= 15 is 0 Å². The van der Waals surface area contributed by atoms with Crippen LogP contribution < -0.4 is 10.5 Å². The minimum absolute atomic E-state index is 0.189. The number of fused-ring (bicyclic) bond motifs is 1. The molecule has 1 saturated carbocycles. The highest BCUT2D eigenvalue weighted by Gasteiger charge is 2.42. The van der Waals surface area contributed by atoms with Crippen LogP contribution in [0.1, 0.15) is 18.5 Å². The monoisotopic (exact) mass is 204 g/mol. The Labute approximate surface area is 86.9 Å². The highest BCUT2D eigenvalue weighted by molar-refractivity contribution is 5.42. The van der Waals surface area contributed by atoms with Gasteiger partial charge in [-0.15, -0.1) is 0 Å². The maximum atomic E-state index is 6.15. The van der Waals surface area contributed by atoms with Crippen molar-refractivity contribution in [2.45, 2.75) is 18.4 Å². The van der Waals surface area contributed by atoms with Gasteiger partial charge in [0.15, 0.2) is 5.65 Å². The second-order valence-electron chi connectivity index (χ2n) is 3.96. The molecule has 0 aliphatic heterocycles. The quantitative estimate of drug-likeness (QED) is 0.781. The van der Waals surface area contributed by atoms with Gasteiger partial charge in [-0.25, -0.2) is 9.97 Å². The second-order valence-corrected chi connectivity index (χ2v) is 3.96. The summed E-state index contributed by atoms with van der Waals surface area (Å²) in [7, 11) is 1.60. The van der Waals surface area contributed by atoms with E-state index in [-0.39, 0.29) is 5.54 Å². The Morgan fingerprint density at radius 1 is 1.40 bits per heavy atom. The van der Waals surface area contributed by atoms with E-state index in [9.17, 15) is 0 Å². The van der Waals surface area contributed by atoms with Gasteiger partial charge in [-0.3, -0.25) is 4.40 Å². The predicted octanol–water partition coefficient (Wildman–Crippen LogP) is 0.686. The number of nitrogens with zero attached hydrogens (tertiary/aromatic N) is 3. The van der Waals surface area contributed by atoms with Gasteiger partial charge in [0.1, 0.15) is 0 Å². The number of hydrogen-bond donors (Lipinski definition) is 1. The Balaban J connectivity index is 2.22. The Morgan fingerprint density at radius 2 is 2.20 bits per heavy atom. The molecule has 0 amide bonds. The summed E-state index contributed by atoms with van der Waals surface area (Å²) in [6.07, 6.45) is 7.37. The zero-order valence-electron chi connectivity index (χ0n) is 8.47. The Morgan fingerprint density at radius 3 is 2.87 bits per heavy atom. The van der Waals surface area contributed by atoms with Crippen LogP contribution in [0.15, 0.2) is 18.6 Å². The Bertz CT molecular complexity index is 515. The number of aromatic nitrogens is 3. The molecule has 2 heterocycles. The lowest BCUT2D eigenvalue weighted by Gasteiger charge is -2.08. The Hall–Kier alpha value is -1.62. The van der Waals surface area contributed by atoms with Crippen LogP contribution in [0, 0.1) is 0 Å². The molecular weight excluding hydrogens is 192 g/mol. The first-order valence-corrected chi connectivity index (χ1v) is 4.89. The minimum atomic E-state index is -0.189. The first-order chi connectivity index (χ1) is 7.23. The molecule has 78 valence electrons. The molecule has 1 aliphatic rings. The maximum Gasteiger partial charge on any atom is 0.230 e. The van der Waals surface area contributed by atoms with E-state index in [0.717, 1.165) is 24.2 Å². The van der Waals surface area contributed by atoms with Crippen molar-refractivity contribution in [2.24, 2.45) is 5.73 Å². The van der Waals surface area contributed by atoms with Gasteiger partial charge >= 0.3 is 0 Å². The van der Waals surface area contributed by atoms with Crippen LogP contribution in [0.25, 0.3) is 5.65 Å². The minimum Gasteiger partial charge on any atom is -0.480 e. The van der Waals surface area contributed by atoms with Gasteiger partial charge in [-0.2, -0.15) is 0 Å². The first-order valence-electron chi connectivity index (χ1n) is 4.89. The first kappa shape index (κ1) is 8.67. The molecule has 5 heteroatoms. The summed E-state index contributed by atoms with van der Waals surface area (Å²) in [5, 5.41) is 0. The molecule has 15 heavy (non-hydrogen) atoms. The lowest BCUT2D eigenvalue weighted by Crippen LogP contribution is -2.20. The standard InChI is InChI=1S/C10H12N4O/c1-15-9-6-14-7(10(11)2-3-10)4-12-8(14)5-13-9/h4-6H,2-3,11H2,1H3. The van der Waals surface area contributed by atoms with Crippen LogP contribution in [0.4, 0.5) is 0 Å². The molecule has 2 aromatic heterocycles. The van der Waals surface area contributed by atoms with Crippen LogP contribution >= 0.6 is 0 Å². The number of ether oxygens (including phenoxy) is 1. The fourth-order valence-electron chi connectivity index (χ4n) is 1.74. The van der Waals surface area contributed by atoms with E-state index in [1.807, 2.05) is 16.8 Å². The molecule has 0 spiro atoms. The molecule has 2 aromatic rings. The van der Waals surface area contributed by atoms with Gasteiger partial charge in [-0.05, 0) is 12.8 Å². The van der Waals surface area contributed by atoms with Crippen molar-refractivity contribution in [2.75, 3.05) is 7.11 Å². The molecule has 0 saturated heterocycles. The molecule has 1 fully saturated rings. The van der Waals surface area contributed by atoms with Crippen molar-refractivity contribution >= 4 is 5.65 Å². The van der Waals surface area contributed by atoms with Crippen LogP contribution in [0.5, 0.6) is 5.88 Å². The van der Waals surface area contributed by atoms with Crippen molar-refractivity contribution in [1.82, 2.24) is 14.4 Å². The number of imidazole rings is 1. The van der Waals surface area contributed by atoms with E-state index < -0.39 is 0 Å². The highest BCUT2D eigenvalue weighted by atomic mass is 16.5. The lowest BCUT2D eigenvalue weighted by atomic mass is 10.2. The molecule has 1 aliphatic carbocycles. The van der Waals surface area contributed by atoms with Crippen molar-refractivity contribution in [1.29, 1.82) is 0 Å². The molecule has 3 rings (SSSR count). The summed E-state index contributed by atoms with van der Waals surface area (Å²) in [6.45, 7) is 0. The normalized spacial score (nSPS) is 18.0. The smallest absolute Gasteiger partial charge is 0.230 e. The summed E-state index contributed by atoms with van der Waals surface area (Å²) < 4.78 is 7.04. The third kappa shape index (κ3) is 1.20. The molecule has 0 atom stereocenters. The largest absolute Gasteiger partial charge is 0.480 e. The number of rotatable bonds is 2. The van der Waals surface area contributed by atoms with Crippen molar-refractivity contribution in [3.63, 3.8) is 0 Å². The average molecular weight is 204 g/mol. The van der Waals surface area contributed by atoms with Crippen LogP contribution in [-0.4, -0.2) is 21.5 Å². The predicted molar refractivity (Wildman–Crippen MR) is 54.6 cm³/mol. The zero-order chi connectivity index (χ0) is 10.5.